The maximum Gasteiger partial charge on any atom is 0.318 e. The van der Waals surface area contributed by atoms with E-state index in [1.54, 1.807) is 0 Å². The van der Waals surface area contributed by atoms with Crippen LogP contribution in [-0.2, 0) is 4.74 Å². The minimum absolute atomic E-state index is 0.0114. The third-order valence-corrected chi connectivity index (χ3v) is 4.94. The summed E-state index contributed by atoms with van der Waals surface area (Å²) in [5, 5.41) is 4.17. The van der Waals surface area contributed by atoms with E-state index < -0.39 is 0 Å². The number of hydrogen-bond acceptors (Lipinski definition) is 3. The van der Waals surface area contributed by atoms with E-state index in [1.165, 1.54) is 0 Å². The molecule has 24 heavy (non-hydrogen) atoms. The number of hydrogen-bond donors (Lipinski definition) is 1. The Morgan fingerprint density at radius 3 is 2.88 bits per heavy atom. The Labute approximate surface area is 141 Å². The van der Waals surface area contributed by atoms with Gasteiger partial charge in [0.2, 0.25) is 0 Å². The number of para-hydroxylation sites is 1. The highest BCUT2D eigenvalue weighted by Gasteiger charge is 2.35. The van der Waals surface area contributed by atoms with E-state index in [0.717, 1.165) is 55.8 Å². The normalized spacial score (nSPS) is 21.8. The molecule has 5 heteroatoms. The summed E-state index contributed by atoms with van der Waals surface area (Å²) in [4.78, 5) is 14.7. The van der Waals surface area contributed by atoms with Crippen molar-refractivity contribution >= 4 is 17.0 Å². The molecule has 2 aliphatic rings. The molecular weight excluding hydrogens is 304 g/mol. The van der Waals surface area contributed by atoms with Crippen molar-refractivity contribution in [3.8, 4) is 0 Å². The van der Waals surface area contributed by atoms with Gasteiger partial charge in [0.1, 0.15) is 11.3 Å². The van der Waals surface area contributed by atoms with E-state index in [-0.39, 0.29) is 12.1 Å². The number of carbonyl (C=O) groups is 1. The Morgan fingerprint density at radius 2 is 2.17 bits per heavy atom. The molecule has 1 saturated heterocycles. The van der Waals surface area contributed by atoms with Gasteiger partial charge in [0.05, 0.1) is 12.6 Å². The smallest absolute Gasteiger partial charge is 0.318 e. The minimum atomic E-state index is -0.147. The molecule has 2 atom stereocenters. The van der Waals surface area contributed by atoms with Gasteiger partial charge < -0.3 is 19.4 Å². The quantitative estimate of drug-likeness (QED) is 0.910. The van der Waals surface area contributed by atoms with Crippen LogP contribution in [0.4, 0.5) is 4.79 Å². The Hall–Kier alpha value is -2.01. The molecule has 4 rings (SSSR count). The molecule has 2 fully saturated rings. The van der Waals surface area contributed by atoms with Crippen molar-refractivity contribution in [1.29, 1.82) is 0 Å². The van der Waals surface area contributed by atoms with Gasteiger partial charge in [-0.15, -0.1) is 0 Å². The molecule has 5 nitrogen and oxygen atoms in total. The van der Waals surface area contributed by atoms with Gasteiger partial charge >= 0.3 is 6.03 Å². The van der Waals surface area contributed by atoms with Gasteiger partial charge in [-0.2, -0.15) is 0 Å². The molecule has 0 spiro atoms. The van der Waals surface area contributed by atoms with E-state index in [0.29, 0.717) is 12.0 Å². The first-order valence-corrected chi connectivity index (χ1v) is 8.84. The zero-order valence-electron chi connectivity index (χ0n) is 14.0. The topological polar surface area (TPSA) is 54.7 Å². The largest absolute Gasteiger partial charge is 0.459 e. The molecule has 0 radical (unpaired) electrons. The van der Waals surface area contributed by atoms with Crippen molar-refractivity contribution in [3.05, 3.63) is 36.1 Å². The predicted octanol–water partition coefficient (Wildman–Crippen LogP) is 3.70. The van der Waals surface area contributed by atoms with Crippen LogP contribution in [0, 0.1) is 5.92 Å². The van der Waals surface area contributed by atoms with E-state index >= 15 is 0 Å². The summed E-state index contributed by atoms with van der Waals surface area (Å²) in [5.41, 5.74) is 0.857. The number of rotatable bonds is 5. The third-order valence-electron chi connectivity index (χ3n) is 4.94. The fraction of sp³-hybridized carbons (Fsp3) is 0.526. The Kier molecular flexibility index (Phi) is 4.19. The Morgan fingerprint density at radius 1 is 1.33 bits per heavy atom. The van der Waals surface area contributed by atoms with Crippen molar-refractivity contribution in [2.24, 2.45) is 5.92 Å². The lowest BCUT2D eigenvalue weighted by atomic mass is 10.1. The predicted molar refractivity (Wildman–Crippen MR) is 91.8 cm³/mol. The van der Waals surface area contributed by atoms with Gasteiger partial charge in [-0.3, -0.25) is 0 Å². The number of nitrogens with zero attached hydrogens (tertiary/aromatic N) is 1. The van der Waals surface area contributed by atoms with E-state index in [2.05, 4.69) is 5.32 Å². The van der Waals surface area contributed by atoms with Crippen LogP contribution in [0.1, 0.15) is 38.0 Å². The standard InChI is InChI=1S/C19H24N2O3/c1-13(18-10-15-4-2-3-5-17(15)24-18)20-19(22)21(16-6-7-16)11-14-8-9-23-12-14/h2-5,10,13-14,16H,6-9,11-12H2,1H3,(H,20,22). The molecule has 1 aromatic carbocycles. The van der Waals surface area contributed by atoms with E-state index in [1.807, 2.05) is 42.2 Å². The molecule has 2 unspecified atom stereocenters. The molecule has 0 bridgehead atoms. The number of benzene rings is 1. The number of fused-ring (bicyclic) bond motifs is 1. The van der Waals surface area contributed by atoms with Crippen molar-refractivity contribution in [2.45, 2.75) is 38.3 Å². The lowest BCUT2D eigenvalue weighted by Crippen LogP contribution is -2.44. The molecule has 1 saturated carbocycles. The van der Waals surface area contributed by atoms with Crippen LogP contribution >= 0.6 is 0 Å². The molecular formula is C19H24N2O3. The Balaban J connectivity index is 1.42. The van der Waals surface area contributed by atoms with Gasteiger partial charge in [0.15, 0.2) is 0 Å². The van der Waals surface area contributed by atoms with Gasteiger partial charge in [0.25, 0.3) is 0 Å². The number of urea groups is 1. The van der Waals surface area contributed by atoms with Gasteiger partial charge in [-0.1, -0.05) is 18.2 Å². The minimum Gasteiger partial charge on any atom is -0.459 e. The van der Waals surface area contributed by atoms with Crippen LogP contribution in [-0.4, -0.2) is 36.7 Å². The van der Waals surface area contributed by atoms with Crippen LogP contribution in [0.5, 0.6) is 0 Å². The Bertz CT molecular complexity index is 683. The zero-order chi connectivity index (χ0) is 16.5. The van der Waals surface area contributed by atoms with Crippen LogP contribution in [0.3, 0.4) is 0 Å². The second-order valence-electron chi connectivity index (χ2n) is 6.97. The first-order valence-electron chi connectivity index (χ1n) is 8.84. The third kappa shape index (κ3) is 3.26. The second kappa shape index (κ2) is 6.48. The first kappa shape index (κ1) is 15.5. The SMILES string of the molecule is CC(NC(=O)N(CC1CCOC1)C1CC1)c1cc2ccccc2o1. The lowest BCUT2D eigenvalue weighted by molar-refractivity contribution is 0.160. The highest BCUT2D eigenvalue weighted by atomic mass is 16.5. The van der Waals surface area contributed by atoms with Crippen molar-refractivity contribution < 1.29 is 13.9 Å². The van der Waals surface area contributed by atoms with Gasteiger partial charge in [-0.05, 0) is 38.3 Å². The fourth-order valence-corrected chi connectivity index (χ4v) is 3.34. The second-order valence-corrected chi connectivity index (χ2v) is 6.97. The van der Waals surface area contributed by atoms with Crippen LogP contribution < -0.4 is 5.32 Å². The molecule has 1 aliphatic carbocycles. The summed E-state index contributed by atoms with van der Waals surface area (Å²) in [6, 6.07) is 10.2. The van der Waals surface area contributed by atoms with Gasteiger partial charge in [-0.25, -0.2) is 4.79 Å². The highest BCUT2D eigenvalue weighted by molar-refractivity contribution is 5.79. The number of nitrogens with one attached hydrogen (secondary N) is 1. The number of carbonyl (C=O) groups excluding carboxylic acids is 1. The average Bonchev–Trinajstić information content (AvgIpc) is 3.12. The first-order chi connectivity index (χ1) is 11.7. The lowest BCUT2D eigenvalue weighted by Gasteiger charge is -2.26. The maximum absolute atomic E-state index is 12.7. The molecule has 128 valence electrons. The van der Waals surface area contributed by atoms with Crippen LogP contribution in [0.25, 0.3) is 11.0 Å². The van der Waals surface area contributed by atoms with E-state index in [9.17, 15) is 4.79 Å². The summed E-state index contributed by atoms with van der Waals surface area (Å²) in [5.74, 6) is 1.27. The monoisotopic (exact) mass is 328 g/mol. The maximum atomic E-state index is 12.7. The fourth-order valence-electron chi connectivity index (χ4n) is 3.34. The average molecular weight is 328 g/mol. The van der Waals surface area contributed by atoms with Gasteiger partial charge in [0, 0.05) is 30.5 Å². The van der Waals surface area contributed by atoms with Crippen molar-refractivity contribution in [1.82, 2.24) is 10.2 Å². The highest BCUT2D eigenvalue weighted by Crippen LogP contribution is 2.30. The zero-order valence-corrected chi connectivity index (χ0v) is 14.0. The summed E-state index contributed by atoms with van der Waals surface area (Å²) >= 11 is 0. The number of amides is 2. The summed E-state index contributed by atoms with van der Waals surface area (Å²) in [6.07, 6.45) is 3.27. The van der Waals surface area contributed by atoms with E-state index in [4.69, 9.17) is 9.15 Å². The van der Waals surface area contributed by atoms with Crippen LogP contribution in [0.2, 0.25) is 0 Å². The molecule has 1 aromatic heterocycles. The number of ether oxygens (including phenoxy) is 1. The van der Waals surface area contributed by atoms with Crippen molar-refractivity contribution in [2.75, 3.05) is 19.8 Å². The van der Waals surface area contributed by atoms with Crippen molar-refractivity contribution in [3.63, 3.8) is 0 Å². The summed E-state index contributed by atoms with van der Waals surface area (Å²) in [6.45, 7) is 4.36. The molecule has 2 aromatic rings. The number of furan rings is 1. The molecule has 1 aliphatic heterocycles. The summed E-state index contributed by atoms with van der Waals surface area (Å²) in [7, 11) is 0. The molecule has 2 amide bonds. The van der Waals surface area contributed by atoms with Crippen LogP contribution in [0.15, 0.2) is 34.7 Å². The molecule has 2 heterocycles. The summed E-state index contributed by atoms with van der Waals surface area (Å²) < 4.78 is 11.3. The molecule has 1 N–H and O–H groups in total.